The highest BCUT2D eigenvalue weighted by molar-refractivity contribution is 7.09. The average molecular weight is 252 g/mol. The molecule has 2 aliphatic rings. The Kier molecular flexibility index (Phi) is 3.42. The van der Waals surface area contributed by atoms with E-state index in [1.807, 2.05) is 11.7 Å². The second-order valence-corrected chi connectivity index (χ2v) is 5.89. The number of hydrogen-bond donors (Lipinski definition) is 1. The van der Waals surface area contributed by atoms with E-state index in [-0.39, 0.29) is 0 Å². The Hall–Kier alpha value is -0.490. The molecule has 1 aromatic heterocycles. The smallest absolute Gasteiger partial charge is 0.0794 e. The molecule has 4 nitrogen and oxygen atoms in total. The summed E-state index contributed by atoms with van der Waals surface area (Å²) < 4.78 is 0. The van der Waals surface area contributed by atoms with Gasteiger partial charge in [0, 0.05) is 62.4 Å². The zero-order valence-electron chi connectivity index (χ0n) is 10.3. The zero-order chi connectivity index (χ0) is 11.7. The maximum absolute atomic E-state index is 4.17. The normalized spacial score (nSPS) is 25.7. The summed E-state index contributed by atoms with van der Waals surface area (Å²) in [5, 5.41) is 3.41. The molecule has 0 aromatic carbocycles. The number of thiazole rings is 1. The highest BCUT2D eigenvalue weighted by Gasteiger charge is 2.35. The van der Waals surface area contributed by atoms with Gasteiger partial charge in [-0.25, -0.2) is 0 Å². The van der Waals surface area contributed by atoms with Crippen molar-refractivity contribution in [3.05, 3.63) is 16.6 Å². The van der Waals surface area contributed by atoms with Gasteiger partial charge in [-0.1, -0.05) is 0 Å². The van der Waals surface area contributed by atoms with Crippen LogP contribution in [0.25, 0.3) is 0 Å². The Balaban J connectivity index is 1.50. The molecule has 3 rings (SSSR count). The van der Waals surface area contributed by atoms with Crippen LogP contribution in [-0.4, -0.2) is 60.1 Å². The van der Waals surface area contributed by atoms with Crippen LogP contribution in [-0.2, 0) is 0 Å². The standard InChI is InChI=1S/C12H20N4S/c1-10(12-6-14-9-17-12)16-7-11(8-16)15-4-2-13-3-5-15/h6,9-11,13H,2-5,7-8H2,1H3. The van der Waals surface area contributed by atoms with Gasteiger partial charge < -0.3 is 5.32 Å². The van der Waals surface area contributed by atoms with Crippen molar-refractivity contribution in [2.75, 3.05) is 39.3 Å². The van der Waals surface area contributed by atoms with Crippen LogP contribution in [0.15, 0.2) is 11.7 Å². The Morgan fingerprint density at radius 3 is 2.82 bits per heavy atom. The first-order chi connectivity index (χ1) is 8.34. The van der Waals surface area contributed by atoms with Crippen molar-refractivity contribution in [1.82, 2.24) is 20.1 Å². The zero-order valence-corrected chi connectivity index (χ0v) is 11.1. The van der Waals surface area contributed by atoms with Gasteiger partial charge in [-0.15, -0.1) is 11.3 Å². The summed E-state index contributed by atoms with van der Waals surface area (Å²) in [6, 6.07) is 1.33. The number of nitrogens with zero attached hydrogens (tertiary/aromatic N) is 3. The van der Waals surface area contributed by atoms with E-state index in [4.69, 9.17) is 0 Å². The molecule has 0 amide bonds. The van der Waals surface area contributed by atoms with Gasteiger partial charge in [-0.05, 0) is 6.92 Å². The second-order valence-electron chi connectivity index (χ2n) is 4.97. The fourth-order valence-electron chi connectivity index (χ4n) is 2.69. The van der Waals surface area contributed by atoms with E-state index >= 15 is 0 Å². The summed E-state index contributed by atoms with van der Waals surface area (Å²) in [6.07, 6.45) is 2.01. The van der Waals surface area contributed by atoms with Crippen LogP contribution < -0.4 is 5.32 Å². The van der Waals surface area contributed by atoms with E-state index in [1.165, 1.54) is 31.1 Å². The Labute approximate surface area is 107 Å². The molecule has 1 aromatic rings. The maximum atomic E-state index is 4.17. The van der Waals surface area contributed by atoms with Gasteiger partial charge >= 0.3 is 0 Å². The molecule has 0 radical (unpaired) electrons. The van der Waals surface area contributed by atoms with Crippen molar-refractivity contribution in [3.8, 4) is 0 Å². The first-order valence-corrected chi connectivity index (χ1v) is 7.30. The molecule has 1 unspecified atom stereocenters. The minimum atomic E-state index is 0.543. The number of piperazine rings is 1. The van der Waals surface area contributed by atoms with Crippen LogP contribution in [0.1, 0.15) is 17.8 Å². The highest BCUT2D eigenvalue weighted by atomic mass is 32.1. The molecule has 0 aliphatic carbocycles. The number of likely N-dealkylation sites (tertiary alicyclic amines) is 1. The van der Waals surface area contributed by atoms with Gasteiger partial charge in [0.25, 0.3) is 0 Å². The lowest BCUT2D eigenvalue weighted by atomic mass is 10.0. The second kappa shape index (κ2) is 5.02. The summed E-state index contributed by atoms with van der Waals surface area (Å²) in [5.74, 6) is 0. The first-order valence-electron chi connectivity index (χ1n) is 6.42. The fourth-order valence-corrected chi connectivity index (χ4v) is 3.41. The van der Waals surface area contributed by atoms with Crippen molar-refractivity contribution in [2.45, 2.75) is 19.0 Å². The van der Waals surface area contributed by atoms with E-state index in [0.717, 1.165) is 19.1 Å². The molecule has 1 N–H and O–H groups in total. The van der Waals surface area contributed by atoms with Gasteiger partial charge in [0.1, 0.15) is 0 Å². The molecule has 3 heterocycles. The molecule has 2 aliphatic heterocycles. The van der Waals surface area contributed by atoms with E-state index in [9.17, 15) is 0 Å². The van der Waals surface area contributed by atoms with Crippen LogP contribution in [0.2, 0.25) is 0 Å². The van der Waals surface area contributed by atoms with Crippen molar-refractivity contribution in [2.24, 2.45) is 0 Å². The van der Waals surface area contributed by atoms with Gasteiger partial charge in [-0.3, -0.25) is 14.8 Å². The Morgan fingerprint density at radius 1 is 1.41 bits per heavy atom. The quantitative estimate of drug-likeness (QED) is 0.862. The molecule has 2 saturated heterocycles. The third-order valence-corrected chi connectivity index (χ3v) is 4.92. The summed E-state index contributed by atoms with van der Waals surface area (Å²) >= 11 is 1.77. The van der Waals surface area contributed by atoms with Gasteiger partial charge in [0.15, 0.2) is 0 Å². The predicted octanol–water partition coefficient (Wildman–Crippen LogP) is 0.794. The number of rotatable bonds is 3. The van der Waals surface area contributed by atoms with E-state index in [0.29, 0.717) is 6.04 Å². The van der Waals surface area contributed by atoms with Crippen LogP contribution in [0, 0.1) is 0 Å². The van der Waals surface area contributed by atoms with Crippen molar-refractivity contribution in [3.63, 3.8) is 0 Å². The third kappa shape index (κ3) is 2.38. The molecule has 0 bridgehead atoms. The molecule has 0 saturated carbocycles. The lowest BCUT2D eigenvalue weighted by Gasteiger charge is -2.49. The molecule has 1 atom stereocenters. The number of aromatic nitrogens is 1. The summed E-state index contributed by atoms with van der Waals surface area (Å²) in [6.45, 7) is 9.47. The average Bonchev–Trinajstić information content (AvgIpc) is 2.81. The van der Waals surface area contributed by atoms with Crippen molar-refractivity contribution in [1.29, 1.82) is 0 Å². The summed E-state index contributed by atoms with van der Waals surface area (Å²) in [7, 11) is 0. The molecule has 17 heavy (non-hydrogen) atoms. The largest absolute Gasteiger partial charge is 0.314 e. The number of hydrogen-bond acceptors (Lipinski definition) is 5. The van der Waals surface area contributed by atoms with Crippen LogP contribution in [0.3, 0.4) is 0 Å². The minimum Gasteiger partial charge on any atom is -0.314 e. The Bertz CT molecular complexity index is 341. The molecular weight excluding hydrogens is 232 g/mol. The number of nitrogens with one attached hydrogen (secondary N) is 1. The molecule has 2 fully saturated rings. The minimum absolute atomic E-state index is 0.543. The van der Waals surface area contributed by atoms with Gasteiger partial charge in [0.05, 0.1) is 5.51 Å². The molecule has 0 spiro atoms. The molecule has 94 valence electrons. The van der Waals surface area contributed by atoms with Crippen LogP contribution in [0.4, 0.5) is 0 Å². The topological polar surface area (TPSA) is 31.4 Å². The van der Waals surface area contributed by atoms with Crippen LogP contribution >= 0.6 is 11.3 Å². The van der Waals surface area contributed by atoms with Gasteiger partial charge in [-0.2, -0.15) is 0 Å². The van der Waals surface area contributed by atoms with E-state index in [2.05, 4.69) is 27.0 Å². The van der Waals surface area contributed by atoms with E-state index < -0.39 is 0 Å². The molecular formula is C12H20N4S. The first kappa shape index (κ1) is 11.6. The van der Waals surface area contributed by atoms with Gasteiger partial charge in [0.2, 0.25) is 0 Å². The lowest BCUT2D eigenvalue weighted by Crippen LogP contribution is -2.62. The Morgan fingerprint density at radius 2 is 2.18 bits per heavy atom. The van der Waals surface area contributed by atoms with Crippen molar-refractivity contribution >= 4 is 11.3 Å². The SMILES string of the molecule is CC(c1cncs1)N1CC(N2CCNCC2)C1. The fraction of sp³-hybridized carbons (Fsp3) is 0.750. The maximum Gasteiger partial charge on any atom is 0.0794 e. The predicted molar refractivity (Wildman–Crippen MR) is 70.3 cm³/mol. The van der Waals surface area contributed by atoms with Crippen molar-refractivity contribution < 1.29 is 0 Å². The van der Waals surface area contributed by atoms with E-state index in [1.54, 1.807) is 11.3 Å². The summed E-state index contributed by atoms with van der Waals surface area (Å²) in [5.41, 5.74) is 1.93. The third-order valence-electron chi connectivity index (χ3n) is 3.97. The molecule has 5 heteroatoms. The van der Waals surface area contributed by atoms with Crippen LogP contribution in [0.5, 0.6) is 0 Å². The monoisotopic (exact) mass is 252 g/mol. The highest BCUT2D eigenvalue weighted by Crippen LogP contribution is 2.29. The summed E-state index contributed by atoms with van der Waals surface area (Å²) in [4.78, 5) is 10.7. The lowest BCUT2D eigenvalue weighted by molar-refractivity contribution is 0.00428.